The zero-order valence-electron chi connectivity index (χ0n) is 34.5. The Morgan fingerprint density at radius 2 is 1.27 bits per heavy atom. The molecule has 2 heterocycles. The molecule has 4 aliphatic carbocycles. The molecule has 1 unspecified atom stereocenters. The Kier molecular flexibility index (Phi) is 12.0. The van der Waals surface area contributed by atoms with Gasteiger partial charge in [-0.2, -0.15) is 0 Å². The van der Waals surface area contributed by atoms with Gasteiger partial charge in [0, 0.05) is 5.92 Å². The van der Waals surface area contributed by atoms with Crippen LogP contribution in [-0.4, -0.2) is 154 Å². The first-order chi connectivity index (χ1) is 25.7. The van der Waals surface area contributed by atoms with Crippen molar-refractivity contribution in [2.24, 2.45) is 45.3 Å². The van der Waals surface area contributed by atoms with Gasteiger partial charge in [-0.3, -0.25) is 0 Å². The van der Waals surface area contributed by atoms with E-state index in [2.05, 4.69) is 34.6 Å². The Labute approximate surface area is 331 Å². The second-order valence-corrected chi connectivity index (χ2v) is 20.9. The molecule has 20 atom stereocenters. The van der Waals surface area contributed by atoms with Crippen molar-refractivity contribution >= 4 is 0 Å². The van der Waals surface area contributed by atoms with Crippen molar-refractivity contribution in [1.82, 2.24) is 0 Å². The smallest absolute Gasteiger partial charge is 0.186 e. The third-order valence-corrected chi connectivity index (χ3v) is 16.8. The molecule has 11 N–H and O–H groups in total. The van der Waals surface area contributed by atoms with E-state index in [1.807, 2.05) is 0 Å². The topological polar surface area (TPSA) is 250 Å². The van der Waals surface area contributed by atoms with Gasteiger partial charge in [0.2, 0.25) is 0 Å². The van der Waals surface area contributed by atoms with Crippen molar-refractivity contribution in [3.63, 3.8) is 0 Å². The molecular formula is C42H72O14. The molecule has 14 heteroatoms. The first kappa shape index (κ1) is 44.7. The Morgan fingerprint density at radius 1 is 0.696 bits per heavy atom. The summed E-state index contributed by atoms with van der Waals surface area (Å²) in [7, 11) is 0. The summed E-state index contributed by atoms with van der Waals surface area (Å²) in [5, 5.41) is 122. The molecule has 6 rings (SSSR count). The minimum Gasteiger partial charge on any atom is -0.394 e. The van der Waals surface area contributed by atoms with Crippen molar-refractivity contribution in [2.45, 2.75) is 191 Å². The van der Waals surface area contributed by atoms with Gasteiger partial charge in [0.05, 0.1) is 36.1 Å². The van der Waals surface area contributed by atoms with Crippen LogP contribution in [0, 0.1) is 45.3 Å². The van der Waals surface area contributed by atoms with Gasteiger partial charge in [0.15, 0.2) is 6.29 Å². The van der Waals surface area contributed by atoms with E-state index in [0.717, 1.165) is 12.8 Å². The van der Waals surface area contributed by atoms with Gasteiger partial charge in [0.1, 0.15) is 54.9 Å². The van der Waals surface area contributed by atoms with E-state index in [-0.39, 0.29) is 30.1 Å². The number of aliphatic hydroxyl groups is 11. The van der Waals surface area contributed by atoms with Crippen molar-refractivity contribution in [2.75, 3.05) is 13.2 Å². The first-order valence-electron chi connectivity index (χ1n) is 20.9. The number of hydrogen-bond acceptors (Lipinski definition) is 14. The van der Waals surface area contributed by atoms with Gasteiger partial charge >= 0.3 is 0 Å². The van der Waals surface area contributed by atoms with Crippen molar-refractivity contribution in [1.29, 1.82) is 0 Å². The summed E-state index contributed by atoms with van der Waals surface area (Å²) in [5.41, 5.74) is -6.21. The second-order valence-electron chi connectivity index (χ2n) is 20.9. The van der Waals surface area contributed by atoms with Crippen LogP contribution in [0.3, 0.4) is 0 Å². The maximum Gasteiger partial charge on any atom is 0.186 e. The van der Waals surface area contributed by atoms with Crippen LogP contribution >= 0.6 is 0 Å². The molecule has 2 aliphatic heterocycles. The zero-order chi connectivity index (χ0) is 41.8. The Bertz CT molecular complexity index is 1430. The lowest BCUT2D eigenvalue weighted by molar-refractivity contribution is -0.344. The maximum atomic E-state index is 13.6. The monoisotopic (exact) mass is 800 g/mol. The molecule has 0 spiro atoms. The molecule has 0 amide bonds. The van der Waals surface area contributed by atoms with E-state index >= 15 is 0 Å². The molecule has 4 saturated carbocycles. The lowest BCUT2D eigenvalue weighted by Crippen LogP contribution is -2.75. The number of fused-ring (bicyclic) bond motifs is 5. The summed E-state index contributed by atoms with van der Waals surface area (Å²) >= 11 is 0. The summed E-state index contributed by atoms with van der Waals surface area (Å²) in [6.07, 6.45) is -7.33. The minimum absolute atomic E-state index is 0.0168. The highest BCUT2D eigenvalue weighted by Gasteiger charge is 2.76. The second kappa shape index (κ2) is 15.0. The molecule has 2 saturated heterocycles. The predicted octanol–water partition coefficient (Wildman–Crippen LogP) is 0.508. The molecule has 0 bridgehead atoms. The number of hydrogen-bond donors (Lipinski definition) is 11. The maximum absolute atomic E-state index is 13.6. The average Bonchev–Trinajstić information content (AvgIpc) is 3.50. The van der Waals surface area contributed by atoms with Gasteiger partial charge in [-0.25, -0.2) is 0 Å². The van der Waals surface area contributed by atoms with Crippen LogP contribution in [0.4, 0.5) is 0 Å². The molecule has 324 valence electrons. The summed E-state index contributed by atoms with van der Waals surface area (Å²) in [5.74, 6) is -1.28. The normalized spacial score (nSPS) is 53.2. The Balaban J connectivity index is 1.39. The van der Waals surface area contributed by atoms with Crippen LogP contribution in [0.25, 0.3) is 0 Å². The van der Waals surface area contributed by atoms with Crippen molar-refractivity contribution in [3.05, 3.63) is 12.2 Å². The first-order valence-corrected chi connectivity index (χ1v) is 20.9. The molecular weight excluding hydrogens is 728 g/mol. The van der Waals surface area contributed by atoms with E-state index in [0.29, 0.717) is 25.7 Å². The van der Waals surface area contributed by atoms with Crippen molar-refractivity contribution in [3.8, 4) is 0 Å². The molecule has 14 nitrogen and oxygen atoms in total. The highest BCUT2D eigenvalue weighted by molar-refractivity contribution is 5.25. The van der Waals surface area contributed by atoms with Gasteiger partial charge < -0.3 is 70.4 Å². The van der Waals surface area contributed by atoms with Crippen molar-refractivity contribution < 1.29 is 70.4 Å². The van der Waals surface area contributed by atoms with Crippen LogP contribution in [0.2, 0.25) is 0 Å². The van der Waals surface area contributed by atoms with E-state index in [1.54, 1.807) is 32.9 Å². The fraction of sp³-hybridized carbons (Fsp3) is 0.952. The lowest BCUT2D eigenvalue weighted by atomic mass is 9.33. The summed E-state index contributed by atoms with van der Waals surface area (Å²) in [6, 6.07) is 0. The number of rotatable bonds is 9. The van der Waals surface area contributed by atoms with Crippen LogP contribution in [-0.2, 0) is 14.2 Å². The van der Waals surface area contributed by atoms with E-state index < -0.39 is 125 Å². The quantitative estimate of drug-likeness (QED) is 0.112. The standard InChI is InChI=1S/C42H72O14/c1-36(2,51)13-9-14-41(8,52)21-10-16-40(7)33(21)42(53,34-31(49)29(47)27(45)22(19-43)54-34)18-25-38(5)15-12-26(37(3,4)24(38)11-17-39(25,40)6)56-35-32(50)30(48)28(46)23(20-44)55-35/h9,13,21-35,43-53H,10-12,14-20H2,1-8H3/t21-,22+,23+,24?,25+,26-,27+,28+,29-,30-,31+,32+,33+,34+,35-,38-,39+,40-,41-,42+/m0/s1. The largest absolute Gasteiger partial charge is 0.394 e. The summed E-state index contributed by atoms with van der Waals surface area (Å²) in [6.45, 7) is 14.8. The van der Waals surface area contributed by atoms with Crippen LogP contribution in [0.5, 0.6) is 0 Å². The van der Waals surface area contributed by atoms with Crippen LogP contribution < -0.4 is 0 Å². The van der Waals surface area contributed by atoms with Crippen LogP contribution in [0.1, 0.15) is 107 Å². The average molecular weight is 801 g/mol. The zero-order valence-corrected chi connectivity index (χ0v) is 34.5. The molecule has 0 radical (unpaired) electrons. The molecule has 56 heavy (non-hydrogen) atoms. The van der Waals surface area contributed by atoms with Crippen LogP contribution in [0.15, 0.2) is 12.2 Å². The SMILES string of the molecule is CC(C)(O)C=CC[C@](C)(O)[C@H]1CC[C@@]2(C)[C@@H]1[C@@](O)([C@@H]1O[C@H](CO)[C@@H](O)[C@H](O)[C@H]1O)C[C@@H]1[C@@]3(C)CC[C@H](O[C@@H]4O[C@H](CO)[C@@H](O)[C@H](O)[C@H]4O)C(C)(C)C3CC[C@]12C. The molecule has 0 aromatic heterocycles. The molecule has 0 aromatic carbocycles. The van der Waals surface area contributed by atoms with E-state index in [9.17, 15) is 56.2 Å². The highest BCUT2D eigenvalue weighted by atomic mass is 16.7. The van der Waals surface area contributed by atoms with E-state index in [4.69, 9.17) is 14.2 Å². The lowest BCUT2D eigenvalue weighted by Gasteiger charge is -2.73. The molecule has 0 aromatic rings. The molecule has 6 fully saturated rings. The van der Waals surface area contributed by atoms with E-state index in [1.165, 1.54) is 0 Å². The third-order valence-electron chi connectivity index (χ3n) is 16.8. The highest BCUT2D eigenvalue weighted by Crippen LogP contribution is 2.78. The fourth-order valence-electron chi connectivity index (χ4n) is 13.7. The summed E-state index contributed by atoms with van der Waals surface area (Å²) in [4.78, 5) is 0. The number of ether oxygens (including phenoxy) is 3. The van der Waals surface area contributed by atoms with Gasteiger partial charge in [-0.05, 0) is 112 Å². The van der Waals surface area contributed by atoms with Gasteiger partial charge in [-0.1, -0.05) is 46.8 Å². The Hall–Kier alpha value is -0.820. The van der Waals surface area contributed by atoms with Gasteiger partial charge in [0.25, 0.3) is 0 Å². The molecule has 6 aliphatic rings. The number of aliphatic hydroxyl groups excluding tert-OH is 8. The fourth-order valence-corrected chi connectivity index (χ4v) is 13.7. The minimum atomic E-state index is -1.84. The van der Waals surface area contributed by atoms with Gasteiger partial charge in [-0.15, -0.1) is 0 Å². The Morgan fingerprint density at radius 3 is 1.86 bits per heavy atom. The summed E-state index contributed by atoms with van der Waals surface area (Å²) < 4.78 is 18.5. The predicted molar refractivity (Wildman–Crippen MR) is 202 cm³/mol. The third kappa shape index (κ3) is 6.87.